The molecule has 0 bridgehead atoms. The van der Waals surface area contributed by atoms with Gasteiger partial charge in [0.25, 0.3) is 0 Å². The Labute approximate surface area is 120 Å². The van der Waals surface area contributed by atoms with Gasteiger partial charge in [0.1, 0.15) is 11.4 Å². The molecule has 1 atom stereocenters. The van der Waals surface area contributed by atoms with Gasteiger partial charge < -0.3 is 15.4 Å². The fourth-order valence-corrected chi connectivity index (χ4v) is 1.88. The smallest absolute Gasteiger partial charge is 0.244 e. The van der Waals surface area contributed by atoms with Crippen molar-refractivity contribution < 1.29 is 9.63 Å². The van der Waals surface area contributed by atoms with Crippen molar-refractivity contribution in [2.45, 2.75) is 12.5 Å². The van der Waals surface area contributed by atoms with E-state index in [1.807, 2.05) is 0 Å². The number of benzene rings is 1. The molecule has 7 nitrogen and oxygen atoms in total. The van der Waals surface area contributed by atoms with E-state index in [-0.39, 0.29) is 5.75 Å². The highest BCUT2D eigenvalue weighted by Gasteiger charge is 2.16. The Morgan fingerprint density at radius 1 is 1.19 bits per heavy atom. The quantitative estimate of drug-likeness (QED) is 0.745. The first kappa shape index (κ1) is 13.2. The lowest BCUT2D eigenvalue weighted by atomic mass is 10.1. The van der Waals surface area contributed by atoms with E-state index < -0.39 is 6.04 Å². The average Bonchev–Trinajstić information content (AvgIpc) is 3.00. The molecule has 2 heterocycles. The number of nitrogens with zero attached hydrogens (tertiary/aromatic N) is 4. The second-order valence-corrected chi connectivity index (χ2v) is 4.52. The van der Waals surface area contributed by atoms with Crippen LogP contribution in [0.1, 0.15) is 17.5 Å². The maximum Gasteiger partial charge on any atom is 0.244 e. The first-order chi connectivity index (χ1) is 10.2. The Bertz CT molecular complexity index is 712. The largest absolute Gasteiger partial charge is 0.508 e. The summed E-state index contributed by atoms with van der Waals surface area (Å²) in [5.74, 6) is 0.915. The fourth-order valence-electron chi connectivity index (χ4n) is 1.88. The molecule has 106 valence electrons. The summed E-state index contributed by atoms with van der Waals surface area (Å²) in [6, 6.07) is 6.40. The molecule has 0 amide bonds. The third-order valence-corrected chi connectivity index (χ3v) is 2.94. The standard InChI is InChI=1S/C14H13N5O2/c15-11(7-9-1-3-10(20)4-2-9)14-18-13(19-21-14)12-8-16-5-6-17-12/h1-6,8,11,20H,7,15H2/t11-/m1/s1. The minimum absolute atomic E-state index is 0.218. The van der Waals surface area contributed by atoms with Gasteiger partial charge >= 0.3 is 0 Å². The Morgan fingerprint density at radius 2 is 2.00 bits per heavy atom. The number of phenols is 1. The monoisotopic (exact) mass is 283 g/mol. The van der Waals surface area contributed by atoms with Crippen molar-refractivity contribution in [3.8, 4) is 17.3 Å². The van der Waals surface area contributed by atoms with Gasteiger partial charge in [-0.2, -0.15) is 4.98 Å². The van der Waals surface area contributed by atoms with E-state index in [1.165, 1.54) is 0 Å². The number of hydrogen-bond acceptors (Lipinski definition) is 7. The summed E-state index contributed by atoms with van der Waals surface area (Å²) < 4.78 is 5.17. The lowest BCUT2D eigenvalue weighted by molar-refractivity contribution is 0.354. The van der Waals surface area contributed by atoms with E-state index in [1.54, 1.807) is 42.9 Å². The zero-order chi connectivity index (χ0) is 14.7. The van der Waals surface area contributed by atoms with E-state index in [4.69, 9.17) is 10.3 Å². The Balaban J connectivity index is 1.75. The molecule has 1 aromatic carbocycles. The van der Waals surface area contributed by atoms with E-state index in [2.05, 4.69) is 20.1 Å². The molecule has 2 aromatic heterocycles. The highest BCUT2D eigenvalue weighted by Crippen LogP contribution is 2.19. The van der Waals surface area contributed by atoms with E-state index in [9.17, 15) is 5.11 Å². The normalized spacial score (nSPS) is 12.2. The zero-order valence-electron chi connectivity index (χ0n) is 11.0. The number of phenolic OH excluding ortho intramolecular Hbond substituents is 1. The molecule has 0 radical (unpaired) electrons. The van der Waals surface area contributed by atoms with Crippen LogP contribution >= 0.6 is 0 Å². The van der Waals surface area contributed by atoms with Gasteiger partial charge in [-0.3, -0.25) is 4.98 Å². The number of rotatable bonds is 4. The average molecular weight is 283 g/mol. The fraction of sp³-hybridized carbons (Fsp3) is 0.143. The van der Waals surface area contributed by atoms with E-state index in [0.29, 0.717) is 23.8 Å². The van der Waals surface area contributed by atoms with Crippen LogP contribution in [0.4, 0.5) is 0 Å². The van der Waals surface area contributed by atoms with Crippen LogP contribution in [0.3, 0.4) is 0 Å². The van der Waals surface area contributed by atoms with Crippen molar-refractivity contribution in [2.75, 3.05) is 0 Å². The molecule has 3 aromatic rings. The summed E-state index contributed by atoms with van der Waals surface area (Å²) in [5.41, 5.74) is 7.57. The molecular formula is C14H13N5O2. The van der Waals surface area contributed by atoms with Crippen LogP contribution in [0.25, 0.3) is 11.5 Å². The maximum absolute atomic E-state index is 9.25. The second kappa shape index (κ2) is 5.68. The van der Waals surface area contributed by atoms with Gasteiger partial charge in [0.15, 0.2) is 0 Å². The molecule has 0 spiro atoms. The first-order valence-electron chi connectivity index (χ1n) is 6.36. The summed E-state index contributed by atoms with van der Waals surface area (Å²) >= 11 is 0. The first-order valence-corrected chi connectivity index (χ1v) is 6.36. The molecule has 7 heteroatoms. The maximum atomic E-state index is 9.25. The number of aromatic nitrogens is 4. The molecule has 3 rings (SSSR count). The molecule has 3 N–H and O–H groups in total. The molecule has 0 unspecified atom stereocenters. The number of hydrogen-bond donors (Lipinski definition) is 2. The molecule has 0 saturated carbocycles. The minimum Gasteiger partial charge on any atom is -0.508 e. The van der Waals surface area contributed by atoms with Crippen LogP contribution in [0, 0.1) is 0 Å². The zero-order valence-corrected chi connectivity index (χ0v) is 11.0. The van der Waals surface area contributed by atoms with Crippen molar-refractivity contribution in [3.63, 3.8) is 0 Å². The lowest BCUT2D eigenvalue weighted by Crippen LogP contribution is -2.13. The Morgan fingerprint density at radius 3 is 2.71 bits per heavy atom. The molecule has 0 aliphatic carbocycles. The van der Waals surface area contributed by atoms with Crippen LogP contribution in [0.15, 0.2) is 47.4 Å². The minimum atomic E-state index is -0.424. The predicted molar refractivity (Wildman–Crippen MR) is 74.1 cm³/mol. The summed E-state index contributed by atoms with van der Waals surface area (Å²) in [5, 5.41) is 13.1. The highest BCUT2D eigenvalue weighted by molar-refractivity contribution is 5.45. The van der Waals surface area contributed by atoms with Crippen LogP contribution in [-0.2, 0) is 6.42 Å². The molecule has 0 saturated heterocycles. The summed E-state index contributed by atoms with van der Waals surface area (Å²) in [6.45, 7) is 0. The summed E-state index contributed by atoms with van der Waals surface area (Å²) in [4.78, 5) is 12.3. The summed E-state index contributed by atoms with van der Waals surface area (Å²) in [7, 11) is 0. The van der Waals surface area contributed by atoms with Gasteiger partial charge in [-0.1, -0.05) is 17.3 Å². The second-order valence-electron chi connectivity index (χ2n) is 4.52. The van der Waals surface area contributed by atoms with Crippen LogP contribution in [0.2, 0.25) is 0 Å². The molecule has 21 heavy (non-hydrogen) atoms. The van der Waals surface area contributed by atoms with Gasteiger partial charge in [-0.05, 0) is 24.1 Å². The molecular weight excluding hydrogens is 270 g/mol. The topological polar surface area (TPSA) is 111 Å². The Kier molecular flexibility index (Phi) is 3.57. The van der Waals surface area contributed by atoms with E-state index >= 15 is 0 Å². The lowest BCUT2D eigenvalue weighted by Gasteiger charge is -2.06. The Hall–Kier alpha value is -2.80. The van der Waals surface area contributed by atoms with Gasteiger partial charge in [0.2, 0.25) is 11.7 Å². The van der Waals surface area contributed by atoms with Crippen molar-refractivity contribution in [1.82, 2.24) is 20.1 Å². The van der Waals surface area contributed by atoms with Gasteiger partial charge in [0, 0.05) is 12.4 Å². The molecule has 0 fully saturated rings. The van der Waals surface area contributed by atoms with Crippen molar-refractivity contribution in [2.24, 2.45) is 5.73 Å². The van der Waals surface area contributed by atoms with Crippen molar-refractivity contribution in [3.05, 3.63) is 54.3 Å². The highest BCUT2D eigenvalue weighted by atomic mass is 16.5. The molecule has 0 aliphatic heterocycles. The number of aromatic hydroxyl groups is 1. The third kappa shape index (κ3) is 3.03. The van der Waals surface area contributed by atoms with Crippen LogP contribution in [0.5, 0.6) is 5.75 Å². The third-order valence-electron chi connectivity index (χ3n) is 2.94. The number of nitrogens with two attached hydrogens (primary N) is 1. The van der Waals surface area contributed by atoms with Crippen molar-refractivity contribution in [1.29, 1.82) is 0 Å². The predicted octanol–water partition coefficient (Wildman–Crippen LogP) is 1.47. The molecule has 0 aliphatic rings. The van der Waals surface area contributed by atoms with Gasteiger partial charge in [0.05, 0.1) is 12.2 Å². The van der Waals surface area contributed by atoms with Gasteiger partial charge in [-0.15, -0.1) is 0 Å². The van der Waals surface area contributed by atoms with Gasteiger partial charge in [-0.25, -0.2) is 4.98 Å². The van der Waals surface area contributed by atoms with Crippen molar-refractivity contribution >= 4 is 0 Å². The van der Waals surface area contributed by atoms with Crippen LogP contribution < -0.4 is 5.73 Å². The SMILES string of the molecule is N[C@H](Cc1ccc(O)cc1)c1nc(-c2cnccn2)no1. The summed E-state index contributed by atoms with van der Waals surface area (Å²) in [6.07, 6.45) is 5.21. The van der Waals surface area contributed by atoms with E-state index in [0.717, 1.165) is 5.56 Å². The van der Waals surface area contributed by atoms with Crippen LogP contribution in [-0.4, -0.2) is 25.2 Å².